The number of ether oxygens (including phenoxy) is 1. The van der Waals surface area contributed by atoms with Crippen LogP contribution in [0, 0.1) is 0 Å². The first kappa shape index (κ1) is 12.5. The van der Waals surface area contributed by atoms with Gasteiger partial charge < -0.3 is 14.9 Å². The van der Waals surface area contributed by atoms with E-state index in [9.17, 15) is 0 Å². The summed E-state index contributed by atoms with van der Waals surface area (Å²) < 4.78 is 5.31. The van der Waals surface area contributed by atoms with Gasteiger partial charge in [-0.15, -0.1) is 0 Å². The van der Waals surface area contributed by atoms with Gasteiger partial charge in [-0.25, -0.2) is 0 Å². The van der Waals surface area contributed by atoms with E-state index in [1.54, 1.807) is 0 Å². The van der Waals surface area contributed by atoms with Gasteiger partial charge in [0.15, 0.2) is 6.29 Å². The standard InChI is InChI=1S/C13H19NO3/c15-13(16)9-11-3-1-2-4-12(11)10-14-5-7-17-8-6-14/h1-4,13,15-16H,5-10H2. The molecule has 4 nitrogen and oxygen atoms in total. The van der Waals surface area contributed by atoms with Crippen LogP contribution in [0.2, 0.25) is 0 Å². The summed E-state index contributed by atoms with van der Waals surface area (Å²) in [4.78, 5) is 2.33. The van der Waals surface area contributed by atoms with E-state index in [1.807, 2.05) is 24.3 Å². The van der Waals surface area contributed by atoms with Crippen molar-refractivity contribution in [3.63, 3.8) is 0 Å². The SMILES string of the molecule is OC(O)Cc1ccccc1CN1CCOCC1. The van der Waals surface area contributed by atoms with Gasteiger partial charge in [0, 0.05) is 26.1 Å². The van der Waals surface area contributed by atoms with E-state index >= 15 is 0 Å². The molecule has 1 saturated heterocycles. The van der Waals surface area contributed by atoms with Crippen molar-refractivity contribution in [3.8, 4) is 0 Å². The Kier molecular flexibility index (Phi) is 4.50. The van der Waals surface area contributed by atoms with Gasteiger partial charge >= 0.3 is 0 Å². The molecule has 0 aliphatic carbocycles. The highest BCUT2D eigenvalue weighted by atomic mass is 16.5. The van der Waals surface area contributed by atoms with Crippen LogP contribution in [-0.4, -0.2) is 47.7 Å². The van der Waals surface area contributed by atoms with Gasteiger partial charge in [0.05, 0.1) is 13.2 Å². The second-order valence-corrected chi connectivity index (χ2v) is 4.34. The Balaban J connectivity index is 2.03. The van der Waals surface area contributed by atoms with Crippen LogP contribution in [0.1, 0.15) is 11.1 Å². The normalized spacial score (nSPS) is 17.6. The van der Waals surface area contributed by atoms with Crippen molar-refractivity contribution in [3.05, 3.63) is 35.4 Å². The molecule has 2 rings (SSSR count). The van der Waals surface area contributed by atoms with Gasteiger partial charge in [-0.1, -0.05) is 24.3 Å². The maximum absolute atomic E-state index is 9.06. The molecule has 1 heterocycles. The fraction of sp³-hybridized carbons (Fsp3) is 0.538. The fourth-order valence-electron chi connectivity index (χ4n) is 2.11. The first-order chi connectivity index (χ1) is 8.25. The third-order valence-electron chi connectivity index (χ3n) is 3.02. The summed E-state index contributed by atoms with van der Waals surface area (Å²) >= 11 is 0. The van der Waals surface area contributed by atoms with E-state index in [-0.39, 0.29) is 0 Å². The van der Waals surface area contributed by atoms with Crippen LogP contribution in [0.3, 0.4) is 0 Å². The smallest absolute Gasteiger partial charge is 0.155 e. The average Bonchev–Trinajstić information content (AvgIpc) is 2.32. The summed E-state index contributed by atoms with van der Waals surface area (Å²) in [6, 6.07) is 7.92. The van der Waals surface area contributed by atoms with Crippen LogP contribution >= 0.6 is 0 Å². The molecule has 2 N–H and O–H groups in total. The third kappa shape index (κ3) is 3.78. The molecule has 1 aromatic carbocycles. The summed E-state index contributed by atoms with van der Waals surface area (Å²) in [6.07, 6.45) is -0.985. The van der Waals surface area contributed by atoms with Crippen molar-refractivity contribution >= 4 is 0 Å². The number of benzene rings is 1. The number of aliphatic hydroxyl groups excluding tert-OH is 1. The number of hydrogen-bond donors (Lipinski definition) is 2. The lowest BCUT2D eigenvalue weighted by atomic mass is 10.0. The third-order valence-corrected chi connectivity index (χ3v) is 3.02. The molecule has 0 spiro atoms. The average molecular weight is 237 g/mol. The molecule has 94 valence electrons. The quantitative estimate of drug-likeness (QED) is 0.743. The Bertz CT molecular complexity index is 348. The Labute approximate surface area is 101 Å². The first-order valence-corrected chi connectivity index (χ1v) is 5.99. The van der Waals surface area contributed by atoms with E-state index < -0.39 is 6.29 Å². The fourth-order valence-corrected chi connectivity index (χ4v) is 2.11. The molecule has 0 radical (unpaired) electrons. The summed E-state index contributed by atoms with van der Waals surface area (Å²) in [5.41, 5.74) is 2.18. The highest BCUT2D eigenvalue weighted by Crippen LogP contribution is 2.14. The molecule has 0 amide bonds. The van der Waals surface area contributed by atoms with Crippen LogP contribution in [-0.2, 0) is 17.7 Å². The number of rotatable bonds is 4. The minimum atomic E-state index is -1.28. The molecular weight excluding hydrogens is 218 g/mol. The first-order valence-electron chi connectivity index (χ1n) is 5.99. The molecular formula is C13H19NO3. The second-order valence-electron chi connectivity index (χ2n) is 4.34. The van der Waals surface area contributed by atoms with E-state index in [1.165, 1.54) is 5.56 Å². The molecule has 1 fully saturated rings. The molecule has 0 saturated carbocycles. The van der Waals surface area contributed by atoms with Crippen molar-refractivity contribution in [1.82, 2.24) is 4.90 Å². The lowest BCUT2D eigenvalue weighted by Crippen LogP contribution is -2.36. The van der Waals surface area contributed by atoms with Crippen LogP contribution in [0.25, 0.3) is 0 Å². The highest BCUT2D eigenvalue weighted by molar-refractivity contribution is 5.27. The van der Waals surface area contributed by atoms with E-state index in [2.05, 4.69) is 4.90 Å². The van der Waals surface area contributed by atoms with E-state index in [4.69, 9.17) is 14.9 Å². The van der Waals surface area contributed by atoms with Crippen LogP contribution in [0.5, 0.6) is 0 Å². The predicted octanol–water partition coefficient (Wildman–Crippen LogP) is 0.372. The topological polar surface area (TPSA) is 52.9 Å². The van der Waals surface area contributed by atoms with Crippen LogP contribution < -0.4 is 0 Å². The number of nitrogens with zero attached hydrogens (tertiary/aromatic N) is 1. The summed E-state index contributed by atoms with van der Waals surface area (Å²) in [6.45, 7) is 4.30. The van der Waals surface area contributed by atoms with E-state index in [0.717, 1.165) is 38.4 Å². The molecule has 1 aliphatic rings. The minimum absolute atomic E-state index is 0.292. The molecule has 0 bridgehead atoms. The van der Waals surface area contributed by atoms with Gasteiger partial charge in [-0.3, -0.25) is 4.90 Å². The zero-order chi connectivity index (χ0) is 12.1. The Hall–Kier alpha value is -0.940. The number of aliphatic hydroxyl groups is 2. The maximum atomic E-state index is 9.06. The second kappa shape index (κ2) is 6.12. The Morgan fingerprint density at radius 3 is 2.41 bits per heavy atom. The largest absolute Gasteiger partial charge is 0.379 e. The molecule has 0 atom stereocenters. The summed E-state index contributed by atoms with van der Waals surface area (Å²) in [7, 11) is 0. The van der Waals surface area contributed by atoms with Crippen LogP contribution in [0.4, 0.5) is 0 Å². The number of hydrogen-bond acceptors (Lipinski definition) is 4. The summed E-state index contributed by atoms with van der Waals surface area (Å²) in [5, 5.41) is 18.1. The molecule has 1 aromatic rings. The molecule has 4 heteroatoms. The lowest BCUT2D eigenvalue weighted by Gasteiger charge is -2.27. The zero-order valence-corrected chi connectivity index (χ0v) is 9.88. The van der Waals surface area contributed by atoms with Crippen molar-refractivity contribution in [2.45, 2.75) is 19.3 Å². The summed E-state index contributed by atoms with van der Waals surface area (Å²) in [5.74, 6) is 0. The minimum Gasteiger partial charge on any atom is -0.379 e. The zero-order valence-electron chi connectivity index (χ0n) is 9.88. The van der Waals surface area contributed by atoms with Crippen molar-refractivity contribution in [2.24, 2.45) is 0 Å². The van der Waals surface area contributed by atoms with Crippen molar-refractivity contribution in [2.75, 3.05) is 26.3 Å². The van der Waals surface area contributed by atoms with Gasteiger partial charge in [0.2, 0.25) is 0 Å². The monoisotopic (exact) mass is 237 g/mol. The van der Waals surface area contributed by atoms with Crippen LogP contribution in [0.15, 0.2) is 24.3 Å². The van der Waals surface area contributed by atoms with Gasteiger partial charge in [0.25, 0.3) is 0 Å². The highest BCUT2D eigenvalue weighted by Gasteiger charge is 2.13. The molecule has 0 aromatic heterocycles. The van der Waals surface area contributed by atoms with Gasteiger partial charge in [0.1, 0.15) is 0 Å². The van der Waals surface area contributed by atoms with Gasteiger partial charge in [-0.2, -0.15) is 0 Å². The molecule has 17 heavy (non-hydrogen) atoms. The predicted molar refractivity (Wildman–Crippen MR) is 64.5 cm³/mol. The molecule has 0 unspecified atom stereocenters. The van der Waals surface area contributed by atoms with E-state index in [0.29, 0.717) is 6.42 Å². The Morgan fingerprint density at radius 2 is 1.76 bits per heavy atom. The van der Waals surface area contributed by atoms with Gasteiger partial charge in [-0.05, 0) is 11.1 Å². The van der Waals surface area contributed by atoms with Crippen molar-refractivity contribution < 1.29 is 14.9 Å². The maximum Gasteiger partial charge on any atom is 0.155 e. The Morgan fingerprint density at radius 1 is 1.12 bits per heavy atom. The van der Waals surface area contributed by atoms with Crippen molar-refractivity contribution in [1.29, 1.82) is 0 Å². The number of morpholine rings is 1. The molecule has 1 aliphatic heterocycles. The lowest BCUT2D eigenvalue weighted by molar-refractivity contribution is -0.0384.